The number of hydrogen-bond donors (Lipinski definition) is 2. The van der Waals surface area contributed by atoms with E-state index in [4.69, 9.17) is 16.7 Å². The van der Waals surface area contributed by atoms with Crippen LogP contribution in [0.25, 0.3) is 0 Å². The van der Waals surface area contributed by atoms with Gasteiger partial charge in [-0.3, -0.25) is 9.59 Å². The Kier molecular flexibility index (Phi) is 4.31. The van der Waals surface area contributed by atoms with Gasteiger partial charge in [0.25, 0.3) is 0 Å². The number of aliphatic carboxylic acids is 1. The first-order valence-electron chi connectivity index (χ1n) is 4.76. The van der Waals surface area contributed by atoms with Gasteiger partial charge < -0.3 is 10.4 Å². The molecule has 4 nitrogen and oxygen atoms in total. The zero-order valence-electron chi connectivity index (χ0n) is 8.74. The molecule has 0 aliphatic rings. The van der Waals surface area contributed by atoms with E-state index >= 15 is 0 Å². The van der Waals surface area contributed by atoms with Gasteiger partial charge in [0.15, 0.2) is 0 Å². The maximum Gasteiger partial charge on any atom is 0.312 e. The van der Waals surface area contributed by atoms with Crippen LogP contribution in [0, 0.1) is 0 Å². The third kappa shape index (κ3) is 3.55. The Morgan fingerprint density at radius 2 is 2.06 bits per heavy atom. The van der Waals surface area contributed by atoms with E-state index < -0.39 is 18.3 Å². The normalized spacial score (nSPS) is 11.9. The number of amides is 1. The third-order valence-electron chi connectivity index (χ3n) is 2.06. The van der Waals surface area contributed by atoms with E-state index in [0.717, 1.165) is 5.56 Å². The highest BCUT2D eigenvalue weighted by Crippen LogP contribution is 2.21. The molecule has 0 aliphatic carbocycles. The monoisotopic (exact) mass is 241 g/mol. The molecule has 1 unspecified atom stereocenters. The molecule has 0 bridgehead atoms. The number of carboxylic acid groups (broad SMARTS) is 1. The van der Waals surface area contributed by atoms with Gasteiger partial charge in [0, 0.05) is 5.02 Å². The fourth-order valence-electron chi connectivity index (χ4n) is 1.33. The minimum Gasteiger partial charge on any atom is -0.481 e. The Labute approximate surface area is 98.2 Å². The fourth-order valence-corrected chi connectivity index (χ4v) is 1.63. The second-order valence-electron chi connectivity index (χ2n) is 3.38. The van der Waals surface area contributed by atoms with Crippen molar-refractivity contribution in [3.63, 3.8) is 0 Å². The molecule has 0 saturated heterocycles. The smallest absolute Gasteiger partial charge is 0.312 e. The van der Waals surface area contributed by atoms with Crippen molar-refractivity contribution >= 4 is 23.5 Å². The van der Waals surface area contributed by atoms with Gasteiger partial charge in [-0.25, -0.2) is 0 Å². The number of carboxylic acids is 1. The quantitative estimate of drug-likeness (QED) is 0.793. The van der Waals surface area contributed by atoms with E-state index in [2.05, 4.69) is 5.32 Å². The molecule has 0 heterocycles. The number of rotatable bonds is 4. The predicted octanol–water partition coefficient (Wildman–Crippen LogP) is 1.99. The lowest BCUT2D eigenvalue weighted by Crippen LogP contribution is -2.28. The lowest BCUT2D eigenvalue weighted by atomic mass is 10.1. The van der Waals surface area contributed by atoms with Crippen molar-refractivity contribution in [3.8, 4) is 0 Å². The first-order chi connectivity index (χ1) is 7.50. The topological polar surface area (TPSA) is 66.4 Å². The molecule has 2 N–H and O–H groups in total. The largest absolute Gasteiger partial charge is 0.481 e. The van der Waals surface area contributed by atoms with Gasteiger partial charge in [-0.2, -0.15) is 0 Å². The van der Waals surface area contributed by atoms with Crippen molar-refractivity contribution in [1.82, 2.24) is 5.32 Å². The van der Waals surface area contributed by atoms with E-state index in [0.29, 0.717) is 5.02 Å². The SMILES string of the molecule is CC(NC(=O)CC(=O)O)c1ccccc1Cl. The van der Waals surface area contributed by atoms with E-state index in [1.54, 1.807) is 31.2 Å². The standard InChI is InChI=1S/C11H12ClNO3/c1-7(13-10(14)6-11(15)16)8-4-2-3-5-9(8)12/h2-5,7H,6H2,1H3,(H,13,14)(H,15,16). The highest BCUT2D eigenvalue weighted by atomic mass is 35.5. The van der Waals surface area contributed by atoms with Crippen LogP contribution in [-0.2, 0) is 9.59 Å². The first-order valence-corrected chi connectivity index (χ1v) is 5.14. The molecule has 16 heavy (non-hydrogen) atoms. The zero-order chi connectivity index (χ0) is 12.1. The highest BCUT2D eigenvalue weighted by Gasteiger charge is 2.13. The zero-order valence-corrected chi connectivity index (χ0v) is 9.49. The van der Waals surface area contributed by atoms with Crippen molar-refractivity contribution in [3.05, 3.63) is 34.9 Å². The Morgan fingerprint density at radius 3 is 2.62 bits per heavy atom. The molecule has 1 atom stereocenters. The molecule has 1 rings (SSSR count). The minimum absolute atomic E-state index is 0.305. The summed E-state index contributed by atoms with van der Waals surface area (Å²) in [5.41, 5.74) is 0.767. The number of benzene rings is 1. The van der Waals surface area contributed by atoms with Crippen LogP contribution >= 0.6 is 11.6 Å². The third-order valence-corrected chi connectivity index (χ3v) is 2.41. The van der Waals surface area contributed by atoms with Crippen LogP contribution in [0.3, 0.4) is 0 Å². The first kappa shape index (κ1) is 12.5. The van der Waals surface area contributed by atoms with Crippen molar-refractivity contribution in [1.29, 1.82) is 0 Å². The summed E-state index contributed by atoms with van der Waals surface area (Å²) in [5.74, 6) is -1.68. The Hall–Kier alpha value is -1.55. The summed E-state index contributed by atoms with van der Waals surface area (Å²) in [4.78, 5) is 21.5. The van der Waals surface area contributed by atoms with Gasteiger partial charge in [0.05, 0.1) is 6.04 Å². The number of carbonyl (C=O) groups excluding carboxylic acids is 1. The lowest BCUT2D eigenvalue weighted by Gasteiger charge is -2.14. The molecule has 0 aliphatic heterocycles. The fraction of sp³-hybridized carbons (Fsp3) is 0.273. The number of halogens is 1. The maximum absolute atomic E-state index is 11.2. The summed E-state index contributed by atoms with van der Waals surface area (Å²) in [5, 5.41) is 11.5. The Balaban J connectivity index is 2.66. The molecule has 1 amide bonds. The van der Waals surface area contributed by atoms with Crippen molar-refractivity contribution in [2.75, 3.05) is 0 Å². The highest BCUT2D eigenvalue weighted by molar-refractivity contribution is 6.31. The molecule has 0 radical (unpaired) electrons. The Bertz CT molecular complexity index is 406. The maximum atomic E-state index is 11.2. The summed E-state index contributed by atoms with van der Waals surface area (Å²) in [6, 6.07) is 6.80. The van der Waals surface area contributed by atoms with Gasteiger partial charge in [-0.15, -0.1) is 0 Å². The van der Waals surface area contributed by atoms with Crippen molar-refractivity contribution in [2.45, 2.75) is 19.4 Å². The van der Waals surface area contributed by atoms with E-state index in [9.17, 15) is 9.59 Å². The van der Waals surface area contributed by atoms with Crippen LogP contribution in [0.4, 0.5) is 0 Å². The molecule has 1 aromatic rings. The van der Waals surface area contributed by atoms with Crippen molar-refractivity contribution in [2.24, 2.45) is 0 Å². The van der Waals surface area contributed by atoms with Crippen LogP contribution in [0.5, 0.6) is 0 Å². The lowest BCUT2D eigenvalue weighted by molar-refractivity contribution is -0.140. The predicted molar refractivity (Wildman–Crippen MR) is 60.3 cm³/mol. The van der Waals surface area contributed by atoms with Gasteiger partial charge in [0.1, 0.15) is 6.42 Å². The van der Waals surface area contributed by atoms with Gasteiger partial charge >= 0.3 is 5.97 Å². The molecule has 0 saturated carbocycles. The number of carbonyl (C=O) groups is 2. The summed E-state index contributed by atoms with van der Waals surface area (Å²) < 4.78 is 0. The Morgan fingerprint density at radius 1 is 1.44 bits per heavy atom. The molecule has 0 aromatic heterocycles. The van der Waals surface area contributed by atoms with Gasteiger partial charge in [-0.1, -0.05) is 29.8 Å². The minimum atomic E-state index is -1.15. The van der Waals surface area contributed by atoms with Crippen LogP contribution < -0.4 is 5.32 Å². The molecular formula is C11H12ClNO3. The number of nitrogens with one attached hydrogen (secondary N) is 1. The molecular weight excluding hydrogens is 230 g/mol. The summed E-state index contributed by atoms with van der Waals surface area (Å²) in [6.45, 7) is 1.75. The van der Waals surface area contributed by atoms with Crippen LogP contribution in [0.1, 0.15) is 24.9 Å². The van der Waals surface area contributed by atoms with Gasteiger partial charge in [0.2, 0.25) is 5.91 Å². The summed E-state index contributed by atoms with van der Waals surface area (Å²) in [6.07, 6.45) is -0.533. The summed E-state index contributed by atoms with van der Waals surface area (Å²) in [7, 11) is 0. The molecule has 86 valence electrons. The van der Waals surface area contributed by atoms with E-state index in [1.165, 1.54) is 0 Å². The van der Waals surface area contributed by atoms with Crippen molar-refractivity contribution < 1.29 is 14.7 Å². The van der Waals surface area contributed by atoms with E-state index in [-0.39, 0.29) is 6.04 Å². The summed E-state index contributed by atoms with van der Waals surface area (Å²) >= 11 is 5.94. The van der Waals surface area contributed by atoms with Crippen LogP contribution in [0.2, 0.25) is 5.02 Å². The molecule has 5 heteroatoms. The van der Waals surface area contributed by atoms with Gasteiger partial charge in [-0.05, 0) is 18.6 Å². The van der Waals surface area contributed by atoms with E-state index in [1.807, 2.05) is 0 Å². The van der Waals surface area contributed by atoms with Crippen LogP contribution in [-0.4, -0.2) is 17.0 Å². The number of hydrogen-bond acceptors (Lipinski definition) is 2. The average molecular weight is 242 g/mol. The second kappa shape index (κ2) is 5.51. The second-order valence-corrected chi connectivity index (χ2v) is 3.79. The molecule has 0 spiro atoms. The van der Waals surface area contributed by atoms with Crippen LogP contribution in [0.15, 0.2) is 24.3 Å². The average Bonchev–Trinajstić information content (AvgIpc) is 2.16. The molecule has 1 aromatic carbocycles. The molecule has 0 fully saturated rings.